The van der Waals surface area contributed by atoms with Crippen LogP contribution in [0.5, 0.6) is 0 Å². The molecule has 2 rings (SSSR count). The Morgan fingerprint density at radius 3 is 2.00 bits per heavy atom. The zero-order valence-corrected chi connectivity index (χ0v) is 10.8. The van der Waals surface area contributed by atoms with Gasteiger partial charge in [0.25, 0.3) is 0 Å². The Labute approximate surface area is 99.4 Å². The van der Waals surface area contributed by atoms with E-state index in [9.17, 15) is 4.39 Å². The third kappa shape index (κ3) is 2.97. The van der Waals surface area contributed by atoms with Gasteiger partial charge in [0.05, 0.1) is 0 Å². The van der Waals surface area contributed by atoms with Crippen LogP contribution >= 0.6 is 0 Å². The Balaban J connectivity index is 1.83. The lowest BCUT2D eigenvalue weighted by Gasteiger charge is -2.41. The Bertz CT molecular complexity index is 211. The van der Waals surface area contributed by atoms with Crippen molar-refractivity contribution in [3.63, 3.8) is 0 Å². The predicted molar refractivity (Wildman–Crippen MR) is 66.4 cm³/mol. The first-order valence-corrected chi connectivity index (χ1v) is 6.99. The van der Waals surface area contributed by atoms with E-state index in [0.717, 1.165) is 31.7 Å². The molecule has 0 aliphatic heterocycles. The highest BCUT2D eigenvalue weighted by molar-refractivity contribution is 4.88. The van der Waals surface area contributed by atoms with Crippen LogP contribution in [0.15, 0.2) is 0 Å². The molecule has 16 heavy (non-hydrogen) atoms. The van der Waals surface area contributed by atoms with Crippen molar-refractivity contribution >= 4 is 0 Å². The molecule has 0 saturated heterocycles. The first kappa shape index (κ1) is 12.3. The van der Waals surface area contributed by atoms with Gasteiger partial charge in [-0.25, -0.2) is 4.39 Å². The van der Waals surface area contributed by atoms with Gasteiger partial charge in [0.15, 0.2) is 0 Å². The monoisotopic (exact) mass is 227 g/mol. The summed E-state index contributed by atoms with van der Waals surface area (Å²) < 4.78 is 13.7. The van der Waals surface area contributed by atoms with Crippen molar-refractivity contribution in [1.29, 1.82) is 0 Å². The van der Waals surface area contributed by atoms with Gasteiger partial charge in [-0.05, 0) is 52.5 Å². The first-order valence-electron chi connectivity index (χ1n) is 6.99. The molecule has 0 radical (unpaired) electrons. The summed E-state index contributed by atoms with van der Waals surface area (Å²) in [6.45, 7) is 1.77. The smallest absolute Gasteiger partial charge is 0.108 e. The standard InChI is InChI=1S/C14H26FN/c1-14(15)10-8-13(9-11-14)16(2)12-6-4-3-5-7-12/h12-13H,3-11H2,1-2H3. The van der Waals surface area contributed by atoms with Gasteiger partial charge < -0.3 is 4.90 Å². The summed E-state index contributed by atoms with van der Waals surface area (Å²) in [5, 5.41) is 0. The maximum absolute atomic E-state index is 13.7. The minimum absolute atomic E-state index is 0.645. The average Bonchev–Trinajstić information content (AvgIpc) is 2.29. The second kappa shape index (κ2) is 5.03. The van der Waals surface area contributed by atoms with Crippen molar-refractivity contribution in [1.82, 2.24) is 4.90 Å². The van der Waals surface area contributed by atoms with Crippen LogP contribution in [-0.4, -0.2) is 29.7 Å². The van der Waals surface area contributed by atoms with Crippen LogP contribution in [0.25, 0.3) is 0 Å². The minimum atomic E-state index is -0.885. The van der Waals surface area contributed by atoms with Crippen molar-refractivity contribution < 1.29 is 4.39 Å². The molecule has 94 valence electrons. The number of nitrogens with zero attached hydrogens (tertiary/aromatic N) is 1. The molecule has 0 N–H and O–H groups in total. The summed E-state index contributed by atoms with van der Waals surface area (Å²) in [5.41, 5.74) is -0.885. The van der Waals surface area contributed by atoms with Crippen LogP contribution in [0.3, 0.4) is 0 Å². The Morgan fingerprint density at radius 2 is 1.44 bits per heavy atom. The lowest BCUT2D eigenvalue weighted by atomic mass is 9.83. The molecule has 0 unspecified atom stereocenters. The summed E-state index contributed by atoms with van der Waals surface area (Å²) >= 11 is 0. The maximum atomic E-state index is 13.7. The van der Waals surface area contributed by atoms with Crippen molar-refractivity contribution in [3.05, 3.63) is 0 Å². The van der Waals surface area contributed by atoms with E-state index in [1.807, 2.05) is 0 Å². The molecule has 0 atom stereocenters. The SMILES string of the molecule is CN(C1CCCCC1)C1CCC(C)(F)CC1. The molecule has 0 spiro atoms. The fourth-order valence-electron chi connectivity index (χ4n) is 3.40. The van der Waals surface area contributed by atoms with E-state index in [-0.39, 0.29) is 0 Å². The molecule has 2 fully saturated rings. The van der Waals surface area contributed by atoms with E-state index < -0.39 is 5.67 Å². The number of hydrogen-bond acceptors (Lipinski definition) is 1. The maximum Gasteiger partial charge on any atom is 0.108 e. The third-order valence-electron chi connectivity index (χ3n) is 4.72. The van der Waals surface area contributed by atoms with E-state index in [2.05, 4.69) is 11.9 Å². The molecule has 0 heterocycles. The molecule has 0 bridgehead atoms. The van der Waals surface area contributed by atoms with Crippen molar-refractivity contribution in [2.75, 3.05) is 7.05 Å². The van der Waals surface area contributed by atoms with E-state index in [4.69, 9.17) is 0 Å². The Kier molecular flexibility index (Phi) is 3.89. The van der Waals surface area contributed by atoms with Gasteiger partial charge in [0.2, 0.25) is 0 Å². The van der Waals surface area contributed by atoms with E-state index in [1.54, 1.807) is 6.92 Å². The van der Waals surface area contributed by atoms with Gasteiger partial charge in [0, 0.05) is 12.1 Å². The molecule has 2 aliphatic rings. The number of hydrogen-bond donors (Lipinski definition) is 0. The number of alkyl halides is 1. The van der Waals surface area contributed by atoms with Crippen LogP contribution < -0.4 is 0 Å². The highest BCUT2D eigenvalue weighted by Gasteiger charge is 2.34. The highest BCUT2D eigenvalue weighted by Crippen LogP contribution is 2.35. The summed E-state index contributed by atoms with van der Waals surface area (Å²) in [5.74, 6) is 0. The highest BCUT2D eigenvalue weighted by atomic mass is 19.1. The molecule has 1 nitrogen and oxygen atoms in total. The summed E-state index contributed by atoms with van der Waals surface area (Å²) in [7, 11) is 2.27. The average molecular weight is 227 g/mol. The molecule has 2 heteroatoms. The Morgan fingerprint density at radius 1 is 0.938 bits per heavy atom. The first-order chi connectivity index (χ1) is 7.58. The fourth-order valence-corrected chi connectivity index (χ4v) is 3.40. The Hall–Kier alpha value is -0.110. The fraction of sp³-hybridized carbons (Fsp3) is 1.00. The van der Waals surface area contributed by atoms with Gasteiger partial charge in [-0.15, -0.1) is 0 Å². The van der Waals surface area contributed by atoms with Crippen LogP contribution in [0.1, 0.15) is 64.7 Å². The zero-order chi connectivity index (χ0) is 11.6. The van der Waals surface area contributed by atoms with Crippen LogP contribution in [0.2, 0.25) is 0 Å². The van der Waals surface area contributed by atoms with Crippen molar-refractivity contribution in [2.24, 2.45) is 0 Å². The molecular formula is C14H26FN. The van der Waals surface area contributed by atoms with E-state index >= 15 is 0 Å². The van der Waals surface area contributed by atoms with Gasteiger partial charge >= 0.3 is 0 Å². The second-order valence-electron chi connectivity index (χ2n) is 6.10. The van der Waals surface area contributed by atoms with Crippen molar-refractivity contribution in [2.45, 2.75) is 82.5 Å². The molecule has 0 aromatic carbocycles. The third-order valence-corrected chi connectivity index (χ3v) is 4.72. The molecule has 0 aromatic rings. The lowest BCUT2D eigenvalue weighted by molar-refractivity contribution is 0.0499. The van der Waals surface area contributed by atoms with Gasteiger partial charge in [0.1, 0.15) is 5.67 Å². The van der Waals surface area contributed by atoms with E-state index in [1.165, 1.54) is 32.1 Å². The van der Waals surface area contributed by atoms with Crippen LogP contribution in [-0.2, 0) is 0 Å². The second-order valence-corrected chi connectivity index (χ2v) is 6.10. The van der Waals surface area contributed by atoms with Crippen LogP contribution in [0.4, 0.5) is 4.39 Å². The number of halogens is 1. The van der Waals surface area contributed by atoms with Gasteiger partial charge in [-0.1, -0.05) is 19.3 Å². The molecule has 2 saturated carbocycles. The summed E-state index contributed by atoms with van der Waals surface area (Å²) in [6.07, 6.45) is 10.5. The van der Waals surface area contributed by atoms with E-state index in [0.29, 0.717) is 6.04 Å². The predicted octanol–water partition coefficient (Wildman–Crippen LogP) is 3.92. The number of rotatable bonds is 2. The summed E-state index contributed by atoms with van der Waals surface area (Å²) in [4.78, 5) is 2.56. The minimum Gasteiger partial charge on any atom is -0.300 e. The molecule has 0 amide bonds. The quantitative estimate of drug-likeness (QED) is 0.691. The zero-order valence-electron chi connectivity index (χ0n) is 10.8. The van der Waals surface area contributed by atoms with Gasteiger partial charge in [-0.2, -0.15) is 0 Å². The normalized spacial score (nSPS) is 37.9. The summed E-state index contributed by atoms with van der Waals surface area (Å²) in [6, 6.07) is 1.43. The van der Waals surface area contributed by atoms with Gasteiger partial charge in [-0.3, -0.25) is 0 Å². The van der Waals surface area contributed by atoms with Crippen LogP contribution in [0, 0.1) is 0 Å². The topological polar surface area (TPSA) is 3.24 Å². The molecule has 2 aliphatic carbocycles. The largest absolute Gasteiger partial charge is 0.300 e. The molecular weight excluding hydrogens is 201 g/mol. The lowest BCUT2D eigenvalue weighted by Crippen LogP contribution is -2.44. The van der Waals surface area contributed by atoms with Crippen molar-refractivity contribution in [3.8, 4) is 0 Å². The molecule has 0 aromatic heterocycles.